The van der Waals surface area contributed by atoms with E-state index in [9.17, 15) is 10.1 Å². The summed E-state index contributed by atoms with van der Waals surface area (Å²) in [4.78, 5) is 10.7. The van der Waals surface area contributed by atoms with Crippen molar-refractivity contribution in [2.75, 3.05) is 26.1 Å². The first-order valence-corrected chi connectivity index (χ1v) is 6.13. The molecule has 1 N–H and O–H groups in total. The summed E-state index contributed by atoms with van der Waals surface area (Å²) < 4.78 is 10.3. The third-order valence-corrected chi connectivity index (χ3v) is 3.51. The number of nitro benzene ring substituents is 1. The lowest BCUT2D eigenvalue weighted by molar-refractivity contribution is -0.384. The quantitative estimate of drug-likeness (QED) is 0.633. The van der Waals surface area contributed by atoms with Gasteiger partial charge >= 0.3 is 0 Å². The molecule has 104 valence electrons. The molecule has 2 rings (SSSR count). The van der Waals surface area contributed by atoms with Crippen molar-refractivity contribution in [2.24, 2.45) is 5.41 Å². The molecule has 1 aliphatic rings. The van der Waals surface area contributed by atoms with E-state index < -0.39 is 4.92 Å². The molecule has 0 unspecified atom stereocenters. The first kappa shape index (κ1) is 13.5. The van der Waals surface area contributed by atoms with Crippen molar-refractivity contribution in [3.63, 3.8) is 0 Å². The maximum Gasteiger partial charge on any atom is 0.296 e. The first-order valence-electron chi connectivity index (χ1n) is 6.13. The molecule has 1 aliphatic carbocycles. The van der Waals surface area contributed by atoms with Crippen LogP contribution in [0.2, 0.25) is 0 Å². The number of methoxy groups -OCH3 is 2. The van der Waals surface area contributed by atoms with Crippen LogP contribution >= 0.6 is 0 Å². The zero-order valence-electron chi connectivity index (χ0n) is 11.4. The molecule has 1 aromatic carbocycles. The lowest BCUT2D eigenvalue weighted by Gasteiger charge is -2.14. The molecule has 0 aliphatic heterocycles. The van der Waals surface area contributed by atoms with Gasteiger partial charge in [0.15, 0.2) is 11.5 Å². The summed E-state index contributed by atoms with van der Waals surface area (Å²) in [6.45, 7) is 2.88. The molecular formula is C13H18N2O4. The van der Waals surface area contributed by atoms with Crippen LogP contribution in [0, 0.1) is 15.5 Å². The summed E-state index contributed by atoms with van der Waals surface area (Å²) in [6, 6.07) is 3.00. The number of nitrogens with zero attached hydrogens (tertiary/aromatic N) is 1. The van der Waals surface area contributed by atoms with E-state index in [4.69, 9.17) is 9.47 Å². The summed E-state index contributed by atoms with van der Waals surface area (Å²) >= 11 is 0. The van der Waals surface area contributed by atoms with Crippen molar-refractivity contribution >= 4 is 11.4 Å². The Kier molecular flexibility index (Phi) is 3.50. The van der Waals surface area contributed by atoms with Crippen molar-refractivity contribution in [2.45, 2.75) is 19.8 Å². The van der Waals surface area contributed by atoms with E-state index >= 15 is 0 Å². The van der Waals surface area contributed by atoms with Gasteiger partial charge in [-0.3, -0.25) is 10.1 Å². The van der Waals surface area contributed by atoms with E-state index in [1.54, 1.807) is 6.07 Å². The first-order chi connectivity index (χ1) is 8.99. The molecule has 0 bridgehead atoms. The number of hydrogen-bond donors (Lipinski definition) is 1. The second kappa shape index (κ2) is 4.95. The summed E-state index contributed by atoms with van der Waals surface area (Å²) in [5.74, 6) is 0.842. The van der Waals surface area contributed by atoms with Gasteiger partial charge in [-0.15, -0.1) is 0 Å². The molecule has 0 spiro atoms. The summed E-state index contributed by atoms with van der Waals surface area (Å²) in [6.07, 6.45) is 2.31. The van der Waals surface area contributed by atoms with Crippen molar-refractivity contribution in [1.82, 2.24) is 0 Å². The van der Waals surface area contributed by atoms with Crippen LogP contribution < -0.4 is 14.8 Å². The van der Waals surface area contributed by atoms with Gasteiger partial charge in [0.05, 0.1) is 25.2 Å². The number of nitrogens with one attached hydrogen (secondary N) is 1. The van der Waals surface area contributed by atoms with Gasteiger partial charge in [0.25, 0.3) is 5.69 Å². The molecule has 0 radical (unpaired) electrons. The van der Waals surface area contributed by atoms with Gasteiger partial charge in [0.1, 0.15) is 5.69 Å². The monoisotopic (exact) mass is 266 g/mol. The van der Waals surface area contributed by atoms with Gasteiger partial charge in [0, 0.05) is 12.6 Å². The highest BCUT2D eigenvalue weighted by atomic mass is 16.6. The fraction of sp³-hybridized carbons (Fsp3) is 0.538. The third kappa shape index (κ3) is 2.89. The summed E-state index contributed by atoms with van der Waals surface area (Å²) in [5.41, 5.74) is 0.735. The molecule has 6 nitrogen and oxygen atoms in total. The maximum atomic E-state index is 11.1. The lowest BCUT2D eigenvalue weighted by Crippen LogP contribution is -2.13. The minimum absolute atomic E-state index is 0.00176. The van der Waals surface area contributed by atoms with Gasteiger partial charge < -0.3 is 14.8 Å². The van der Waals surface area contributed by atoms with Gasteiger partial charge in [-0.25, -0.2) is 0 Å². The predicted molar refractivity (Wildman–Crippen MR) is 72.0 cm³/mol. The van der Waals surface area contributed by atoms with Crippen LogP contribution in [0.15, 0.2) is 12.1 Å². The van der Waals surface area contributed by atoms with E-state index in [0.717, 1.165) is 19.4 Å². The highest BCUT2D eigenvalue weighted by molar-refractivity contribution is 5.68. The van der Waals surface area contributed by atoms with Crippen molar-refractivity contribution in [3.05, 3.63) is 22.2 Å². The highest BCUT2D eigenvalue weighted by Crippen LogP contribution is 2.46. The van der Waals surface area contributed by atoms with Crippen LogP contribution in [0.25, 0.3) is 0 Å². The predicted octanol–water partition coefficient (Wildman–Crippen LogP) is 2.82. The minimum atomic E-state index is -0.417. The summed E-state index contributed by atoms with van der Waals surface area (Å²) in [7, 11) is 2.97. The van der Waals surface area contributed by atoms with E-state index in [1.807, 2.05) is 0 Å². The molecule has 0 aromatic heterocycles. The zero-order chi connectivity index (χ0) is 14.0. The normalized spacial score (nSPS) is 15.7. The zero-order valence-corrected chi connectivity index (χ0v) is 11.4. The Labute approximate surface area is 111 Å². The molecule has 0 saturated heterocycles. The van der Waals surface area contributed by atoms with E-state index in [-0.39, 0.29) is 11.1 Å². The van der Waals surface area contributed by atoms with E-state index in [1.165, 1.54) is 20.3 Å². The van der Waals surface area contributed by atoms with Crippen LogP contribution in [0.3, 0.4) is 0 Å². The van der Waals surface area contributed by atoms with Gasteiger partial charge in [-0.1, -0.05) is 6.92 Å². The number of hydrogen-bond acceptors (Lipinski definition) is 5. The highest BCUT2D eigenvalue weighted by Gasteiger charge is 2.37. The molecule has 1 saturated carbocycles. The second-order valence-electron chi connectivity index (χ2n) is 5.15. The van der Waals surface area contributed by atoms with Crippen LogP contribution in [-0.4, -0.2) is 25.7 Å². The Morgan fingerprint density at radius 2 is 1.89 bits per heavy atom. The molecule has 0 atom stereocenters. The number of ether oxygens (including phenoxy) is 2. The fourth-order valence-electron chi connectivity index (χ4n) is 1.86. The van der Waals surface area contributed by atoms with Gasteiger partial charge in [0.2, 0.25) is 0 Å². The van der Waals surface area contributed by atoms with Gasteiger partial charge in [-0.2, -0.15) is 0 Å². The van der Waals surface area contributed by atoms with Crippen LogP contribution in [0.5, 0.6) is 11.5 Å². The standard InChI is InChI=1S/C13H18N2O4/c1-13(4-5-13)8-14-9-6-11(18-2)12(19-3)7-10(9)15(16)17/h6-7,14H,4-5,8H2,1-3H3. The maximum absolute atomic E-state index is 11.1. The van der Waals surface area contributed by atoms with Crippen molar-refractivity contribution in [3.8, 4) is 11.5 Å². The SMILES string of the molecule is COc1cc(NCC2(C)CC2)c([N+](=O)[O-])cc1OC. The van der Waals surface area contributed by atoms with E-state index in [0.29, 0.717) is 17.2 Å². The number of rotatable bonds is 6. The smallest absolute Gasteiger partial charge is 0.296 e. The van der Waals surface area contributed by atoms with Crippen molar-refractivity contribution < 1.29 is 14.4 Å². The molecule has 1 fully saturated rings. The van der Waals surface area contributed by atoms with Crippen LogP contribution in [0.4, 0.5) is 11.4 Å². The molecule has 6 heteroatoms. The Hall–Kier alpha value is -1.98. The number of benzene rings is 1. The average Bonchev–Trinajstić information content (AvgIpc) is 3.13. The topological polar surface area (TPSA) is 73.6 Å². The minimum Gasteiger partial charge on any atom is -0.493 e. The Morgan fingerprint density at radius 3 is 2.37 bits per heavy atom. The molecule has 19 heavy (non-hydrogen) atoms. The molecule has 0 amide bonds. The molecule has 0 heterocycles. The van der Waals surface area contributed by atoms with Gasteiger partial charge in [-0.05, 0) is 18.3 Å². The van der Waals surface area contributed by atoms with Crippen molar-refractivity contribution in [1.29, 1.82) is 0 Å². The number of anilines is 1. The van der Waals surface area contributed by atoms with E-state index in [2.05, 4.69) is 12.2 Å². The largest absolute Gasteiger partial charge is 0.493 e. The average molecular weight is 266 g/mol. The Morgan fingerprint density at radius 1 is 1.32 bits per heavy atom. The third-order valence-electron chi connectivity index (χ3n) is 3.51. The second-order valence-corrected chi connectivity index (χ2v) is 5.15. The van der Waals surface area contributed by atoms with Crippen LogP contribution in [-0.2, 0) is 0 Å². The Balaban J connectivity index is 2.30. The fourth-order valence-corrected chi connectivity index (χ4v) is 1.86. The molecule has 1 aromatic rings. The summed E-state index contributed by atoms with van der Waals surface area (Å²) in [5, 5.41) is 14.2. The van der Waals surface area contributed by atoms with Crippen LogP contribution in [0.1, 0.15) is 19.8 Å². The molecular weight excluding hydrogens is 248 g/mol. The number of nitro groups is 1. The lowest BCUT2D eigenvalue weighted by atomic mass is 10.1. The Bertz CT molecular complexity index is 498.